The van der Waals surface area contributed by atoms with E-state index in [4.69, 9.17) is 9.72 Å². The molecule has 0 saturated heterocycles. The molecule has 0 fully saturated rings. The van der Waals surface area contributed by atoms with Crippen LogP contribution in [0.15, 0.2) is 212 Å². The minimum absolute atomic E-state index is 0.0212. The second-order valence-electron chi connectivity index (χ2n) is 22.2. The van der Waals surface area contributed by atoms with Gasteiger partial charge in [-0.2, -0.15) is 0 Å². The van der Waals surface area contributed by atoms with Gasteiger partial charge in [0.2, 0.25) is 0 Å². The van der Waals surface area contributed by atoms with Crippen LogP contribution in [0.4, 0.5) is 22.7 Å². The normalized spacial score (nSPS) is 13.2. The highest BCUT2D eigenvalue weighted by atomic mass is 16.5. The smallest absolute Gasteiger partial charge is 0.137 e. The summed E-state index contributed by atoms with van der Waals surface area (Å²) in [6, 6.07) is 74.9. The van der Waals surface area contributed by atoms with Crippen LogP contribution in [-0.2, 0) is 21.7 Å². The quantitative estimate of drug-likeness (QED) is 0.129. The molecule has 0 atom stereocenters. The van der Waals surface area contributed by atoms with Crippen LogP contribution in [0.2, 0.25) is 0 Å². The highest BCUT2D eigenvalue weighted by Gasteiger charge is 2.39. The maximum absolute atomic E-state index is 6.92. The van der Waals surface area contributed by atoms with E-state index < -0.39 is 0 Å². The Morgan fingerprint density at radius 3 is 1.49 bits per heavy atom. The monoisotopic (exact) mass is 941 g/mol. The third-order valence-corrected chi connectivity index (χ3v) is 15.5. The number of benzene rings is 8. The predicted molar refractivity (Wildman–Crippen MR) is 302 cm³/mol. The van der Waals surface area contributed by atoms with Crippen molar-refractivity contribution in [2.75, 3.05) is 16.5 Å². The Balaban J connectivity index is 1.05. The number of fused-ring (bicyclic) bond motifs is 4. The first-order valence-corrected chi connectivity index (χ1v) is 25.4. The van der Waals surface area contributed by atoms with E-state index in [0.717, 1.165) is 50.8 Å². The van der Waals surface area contributed by atoms with Gasteiger partial charge in [-0.25, -0.2) is 4.98 Å². The molecule has 0 unspecified atom stereocenters. The van der Waals surface area contributed by atoms with Crippen molar-refractivity contribution in [3.63, 3.8) is 0 Å². The molecular weight excluding hydrogens is 877 g/mol. The number of ether oxygens (including phenoxy) is 1. The molecule has 1 aliphatic rings. The molecule has 2 aromatic heterocycles. The molecule has 0 N–H and O–H groups in total. The third-order valence-electron chi connectivity index (χ3n) is 15.5. The largest absolute Gasteiger partial charge is 0.457 e. The van der Waals surface area contributed by atoms with Crippen molar-refractivity contribution in [1.82, 2.24) is 9.55 Å². The van der Waals surface area contributed by atoms with Crippen molar-refractivity contribution < 1.29 is 4.74 Å². The summed E-state index contributed by atoms with van der Waals surface area (Å²) >= 11 is 0. The summed E-state index contributed by atoms with van der Waals surface area (Å²) in [5, 5.41) is 2.34. The van der Waals surface area contributed by atoms with Crippen LogP contribution in [0, 0.1) is 0 Å². The van der Waals surface area contributed by atoms with E-state index in [1.165, 1.54) is 50.0 Å². The van der Waals surface area contributed by atoms with Gasteiger partial charge in [0, 0.05) is 56.7 Å². The van der Waals surface area contributed by atoms with Crippen molar-refractivity contribution in [1.29, 1.82) is 0 Å². The van der Waals surface area contributed by atoms with Crippen LogP contribution in [0.1, 0.15) is 101 Å². The topological polar surface area (TPSA) is 33.5 Å². The highest BCUT2D eigenvalue weighted by Crippen LogP contribution is 2.52. The molecule has 72 heavy (non-hydrogen) atoms. The lowest BCUT2D eigenvalue weighted by molar-refractivity contribution is 0.483. The average Bonchev–Trinajstić information content (AvgIpc) is 3.94. The molecule has 0 aliphatic carbocycles. The van der Waals surface area contributed by atoms with Gasteiger partial charge in [0.1, 0.15) is 24.0 Å². The minimum atomic E-state index is -0.327. The van der Waals surface area contributed by atoms with E-state index in [9.17, 15) is 0 Å². The van der Waals surface area contributed by atoms with E-state index in [2.05, 4.69) is 283 Å². The Morgan fingerprint density at radius 2 is 0.889 bits per heavy atom. The van der Waals surface area contributed by atoms with Gasteiger partial charge >= 0.3 is 0 Å². The van der Waals surface area contributed by atoms with Crippen molar-refractivity contribution in [3.8, 4) is 17.3 Å². The fourth-order valence-corrected chi connectivity index (χ4v) is 11.0. The second-order valence-corrected chi connectivity index (χ2v) is 22.2. The Bertz CT molecular complexity index is 3600. The maximum atomic E-state index is 6.92. The average molecular weight is 941 g/mol. The first-order chi connectivity index (χ1) is 34.6. The van der Waals surface area contributed by atoms with Crippen molar-refractivity contribution in [2.24, 2.45) is 0 Å². The number of aromatic nitrogens is 2. The van der Waals surface area contributed by atoms with Gasteiger partial charge < -0.3 is 14.5 Å². The van der Waals surface area contributed by atoms with Gasteiger partial charge in [-0.05, 0) is 111 Å². The molecule has 0 amide bonds. The molecule has 10 aromatic rings. The molecule has 0 radical (unpaired) electrons. The molecule has 0 spiro atoms. The molecule has 11 rings (SSSR count). The number of hydrogen-bond acceptors (Lipinski definition) is 4. The van der Waals surface area contributed by atoms with Gasteiger partial charge in [0.15, 0.2) is 0 Å². The molecule has 358 valence electrons. The summed E-state index contributed by atoms with van der Waals surface area (Å²) in [5.41, 5.74) is 14.8. The second kappa shape index (κ2) is 17.8. The summed E-state index contributed by atoms with van der Waals surface area (Å²) in [7, 11) is 0. The zero-order valence-electron chi connectivity index (χ0n) is 43.1. The van der Waals surface area contributed by atoms with Crippen LogP contribution in [-0.4, -0.2) is 16.2 Å². The SMILES string of the molecule is CC(C)(C)c1ccnc(-n2c3ccccc3c3ccc(Oc4cccc(N5CN(c6cccc(C(C)(C)c7ccccc7)c6)c6cc(C(C)(C)c7ccccc7)c(C(C)(C)c7ccccc7)cc65)c4)cc32)c1. The summed E-state index contributed by atoms with van der Waals surface area (Å²) in [6.07, 6.45) is 1.93. The Morgan fingerprint density at radius 1 is 0.389 bits per heavy atom. The zero-order valence-corrected chi connectivity index (χ0v) is 43.1. The van der Waals surface area contributed by atoms with Gasteiger partial charge in [-0.3, -0.25) is 4.57 Å². The first-order valence-electron chi connectivity index (χ1n) is 25.4. The van der Waals surface area contributed by atoms with Gasteiger partial charge in [-0.15, -0.1) is 0 Å². The molecule has 3 heterocycles. The fraction of sp³-hybridized carbons (Fsp3) is 0.209. The molecule has 5 heteroatoms. The number of para-hydroxylation sites is 1. The van der Waals surface area contributed by atoms with Crippen LogP contribution >= 0.6 is 0 Å². The lowest BCUT2D eigenvalue weighted by atomic mass is 9.68. The Hall–Kier alpha value is -7.89. The molecule has 1 aliphatic heterocycles. The van der Waals surface area contributed by atoms with Gasteiger partial charge in [-0.1, -0.05) is 190 Å². The Kier molecular flexibility index (Phi) is 11.5. The van der Waals surface area contributed by atoms with Crippen LogP contribution in [0.3, 0.4) is 0 Å². The lowest BCUT2D eigenvalue weighted by Crippen LogP contribution is -2.28. The van der Waals surface area contributed by atoms with E-state index in [1.54, 1.807) is 0 Å². The van der Waals surface area contributed by atoms with Crippen molar-refractivity contribution in [2.45, 2.75) is 84.0 Å². The van der Waals surface area contributed by atoms with Crippen molar-refractivity contribution in [3.05, 3.63) is 251 Å². The standard InChI is InChI=1S/C67H64N4O/c1-64(2,3)49-37-38-68-63(40-49)71-59-34-20-19-33-55(59)56-36-35-54(42-60(56)71)72-53-32-22-31-52(41-53)70-45-69(51-30-21-29-50(39-51)65(4,5)46-23-13-10-14-24-46)61-43-57(66(6,7)47-25-15-11-16-26-47)58(44-62(61)70)67(8,9)48-27-17-12-18-28-48/h10-44H,45H2,1-9H3. The van der Waals surface area contributed by atoms with E-state index in [1.807, 2.05) is 6.20 Å². The lowest BCUT2D eigenvalue weighted by Gasteiger charge is -2.36. The number of rotatable bonds is 11. The van der Waals surface area contributed by atoms with Gasteiger partial charge in [0.25, 0.3) is 0 Å². The molecule has 0 saturated carbocycles. The van der Waals surface area contributed by atoms with E-state index in [0.29, 0.717) is 6.67 Å². The zero-order chi connectivity index (χ0) is 50.0. The molecule has 5 nitrogen and oxygen atoms in total. The first kappa shape index (κ1) is 46.5. The number of nitrogens with zero attached hydrogens (tertiary/aromatic N) is 4. The molecule has 8 aromatic carbocycles. The summed E-state index contributed by atoms with van der Waals surface area (Å²) < 4.78 is 9.20. The summed E-state index contributed by atoms with van der Waals surface area (Å²) in [6.45, 7) is 21.5. The molecule has 0 bridgehead atoms. The van der Waals surface area contributed by atoms with Gasteiger partial charge in [0.05, 0.1) is 22.4 Å². The third kappa shape index (κ3) is 8.21. The van der Waals surface area contributed by atoms with E-state index in [-0.39, 0.29) is 21.7 Å². The summed E-state index contributed by atoms with van der Waals surface area (Å²) in [5.74, 6) is 2.42. The summed E-state index contributed by atoms with van der Waals surface area (Å²) in [4.78, 5) is 9.90. The highest BCUT2D eigenvalue weighted by molar-refractivity contribution is 6.09. The predicted octanol–water partition coefficient (Wildman–Crippen LogP) is 17.5. The number of hydrogen-bond donors (Lipinski definition) is 0. The molecular formula is C67H64N4O. The maximum Gasteiger partial charge on any atom is 0.137 e. The number of anilines is 4. The number of pyridine rings is 1. The van der Waals surface area contributed by atoms with Crippen molar-refractivity contribution >= 4 is 44.6 Å². The minimum Gasteiger partial charge on any atom is -0.457 e. The Labute approximate surface area is 426 Å². The van der Waals surface area contributed by atoms with Crippen LogP contribution < -0.4 is 14.5 Å². The van der Waals surface area contributed by atoms with Crippen LogP contribution in [0.25, 0.3) is 27.6 Å². The fourth-order valence-electron chi connectivity index (χ4n) is 11.0. The van der Waals surface area contributed by atoms with E-state index >= 15 is 0 Å². The van der Waals surface area contributed by atoms with Crippen LogP contribution in [0.5, 0.6) is 11.5 Å².